The van der Waals surface area contributed by atoms with Crippen LogP contribution < -0.4 is 11.3 Å². The highest BCUT2D eigenvalue weighted by molar-refractivity contribution is 5.10. The van der Waals surface area contributed by atoms with Crippen molar-refractivity contribution in [2.24, 2.45) is 5.84 Å². The zero-order chi connectivity index (χ0) is 11.8. The Morgan fingerprint density at radius 2 is 2.12 bits per heavy atom. The van der Waals surface area contributed by atoms with Crippen molar-refractivity contribution in [1.29, 1.82) is 0 Å². The summed E-state index contributed by atoms with van der Waals surface area (Å²) in [7, 11) is 0. The molecule has 5 heteroatoms. The van der Waals surface area contributed by atoms with Gasteiger partial charge in [-0.25, -0.2) is 5.43 Å². The van der Waals surface area contributed by atoms with Gasteiger partial charge in [0.1, 0.15) is 0 Å². The molecule has 0 aromatic carbocycles. The van der Waals surface area contributed by atoms with Crippen LogP contribution in [0, 0.1) is 0 Å². The lowest BCUT2D eigenvalue weighted by Gasteiger charge is -2.29. The number of hydrogen-bond donors (Lipinski definition) is 2. The van der Waals surface area contributed by atoms with Gasteiger partial charge in [-0.2, -0.15) is 0 Å². The van der Waals surface area contributed by atoms with Gasteiger partial charge in [0.05, 0.1) is 18.9 Å². The van der Waals surface area contributed by atoms with E-state index in [1.165, 1.54) is 0 Å². The van der Waals surface area contributed by atoms with Crippen molar-refractivity contribution in [3.63, 3.8) is 0 Å². The molecule has 0 bridgehead atoms. The van der Waals surface area contributed by atoms with E-state index in [4.69, 9.17) is 20.1 Å². The van der Waals surface area contributed by atoms with Crippen LogP contribution >= 0.6 is 0 Å². The van der Waals surface area contributed by atoms with Crippen molar-refractivity contribution in [3.05, 3.63) is 11.8 Å². The van der Waals surface area contributed by atoms with Gasteiger partial charge in [-0.1, -0.05) is 0 Å². The molecule has 3 N–H and O–H groups in total. The van der Waals surface area contributed by atoms with Gasteiger partial charge < -0.3 is 14.2 Å². The predicted molar refractivity (Wildman–Crippen MR) is 61.4 cm³/mol. The van der Waals surface area contributed by atoms with Crippen molar-refractivity contribution >= 4 is 0 Å². The Bertz CT molecular complexity index is 215. The van der Waals surface area contributed by atoms with Crippen LogP contribution in [-0.4, -0.2) is 32.2 Å². The number of rotatable bonds is 7. The Kier molecular flexibility index (Phi) is 6.40. The molecule has 1 unspecified atom stereocenters. The smallest absolute Gasteiger partial charge is 0.177 e. The molecule has 1 aliphatic heterocycles. The van der Waals surface area contributed by atoms with Gasteiger partial charge in [0.2, 0.25) is 0 Å². The topological polar surface area (TPSA) is 65.7 Å². The number of nitrogens with one attached hydrogen (secondary N) is 1. The van der Waals surface area contributed by atoms with Crippen molar-refractivity contribution in [3.8, 4) is 0 Å². The highest BCUT2D eigenvalue weighted by Crippen LogP contribution is 2.19. The SMILES string of the molecule is CCOC(OCC)C(NN)C1=COCCC1. The van der Waals surface area contributed by atoms with Crippen LogP contribution in [0.15, 0.2) is 11.8 Å². The summed E-state index contributed by atoms with van der Waals surface area (Å²) in [6, 6.07) is -0.139. The summed E-state index contributed by atoms with van der Waals surface area (Å²) in [5, 5.41) is 0. The molecule has 16 heavy (non-hydrogen) atoms. The molecule has 0 spiro atoms. The van der Waals surface area contributed by atoms with Crippen LogP contribution in [0.4, 0.5) is 0 Å². The fourth-order valence-corrected chi connectivity index (χ4v) is 1.74. The molecule has 0 aromatic heterocycles. The fraction of sp³-hybridized carbons (Fsp3) is 0.818. The molecule has 5 nitrogen and oxygen atoms in total. The molecule has 0 fully saturated rings. The van der Waals surface area contributed by atoms with Crippen molar-refractivity contribution in [2.75, 3.05) is 19.8 Å². The quantitative estimate of drug-likeness (QED) is 0.386. The summed E-state index contributed by atoms with van der Waals surface area (Å²) < 4.78 is 16.4. The van der Waals surface area contributed by atoms with Gasteiger partial charge in [-0.15, -0.1) is 0 Å². The Morgan fingerprint density at radius 1 is 1.44 bits per heavy atom. The van der Waals surface area contributed by atoms with E-state index in [0.29, 0.717) is 13.2 Å². The van der Waals surface area contributed by atoms with Crippen LogP contribution in [0.2, 0.25) is 0 Å². The first kappa shape index (κ1) is 13.4. The minimum Gasteiger partial charge on any atom is -0.501 e. The minimum absolute atomic E-state index is 0.139. The first-order valence-corrected chi connectivity index (χ1v) is 5.83. The Hall–Kier alpha value is -0.620. The Morgan fingerprint density at radius 3 is 2.56 bits per heavy atom. The van der Waals surface area contributed by atoms with Gasteiger partial charge >= 0.3 is 0 Å². The maximum atomic E-state index is 5.56. The maximum Gasteiger partial charge on any atom is 0.177 e. The average Bonchev–Trinajstić information content (AvgIpc) is 2.32. The second-order valence-corrected chi connectivity index (χ2v) is 3.59. The Labute approximate surface area is 96.9 Å². The third kappa shape index (κ3) is 3.75. The second-order valence-electron chi connectivity index (χ2n) is 3.59. The Balaban J connectivity index is 2.64. The van der Waals surface area contributed by atoms with Crippen molar-refractivity contribution in [2.45, 2.75) is 39.0 Å². The van der Waals surface area contributed by atoms with Crippen molar-refractivity contribution in [1.82, 2.24) is 5.43 Å². The van der Waals surface area contributed by atoms with Crippen LogP contribution in [-0.2, 0) is 14.2 Å². The van der Waals surface area contributed by atoms with E-state index in [0.717, 1.165) is 25.0 Å². The normalized spacial score (nSPS) is 18.1. The lowest BCUT2D eigenvalue weighted by molar-refractivity contribution is -0.148. The number of hydrazine groups is 1. The van der Waals surface area contributed by atoms with Crippen LogP contribution in [0.3, 0.4) is 0 Å². The third-order valence-electron chi connectivity index (χ3n) is 2.48. The molecular formula is C11H22N2O3. The molecule has 0 amide bonds. The van der Waals surface area contributed by atoms with Crippen LogP contribution in [0.1, 0.15) is 26.7 Å². The lowest BCUT2D eigenvalue weighted by Crippen LogP contribution is -2.48. The summed E-state index contributed by atoms with van der Waals surface area (Å²) in [6.45, 7) is 5.83. The molecule has 0 saturated carbocycles. The summed E-state index contributed by atoms with van der Waals surface area (Å²) in [5.41, 5.74) is 3.84. The third-order valence-corrected chi connectivity index (χ3v) is 2.48. The first-order valence-electron chi connectivity index (χ1n) is 5.83. The van der Waals surface area contributed by atoms with Gasteiger partial charge in [0.15, 0.2) is 6.29 Å². The van der Waals surface area contributed by atoms with E-state index in [1.807, 2.05) is 13.8 Å². The van der Waals surface area contributed by atoms with E-state index < -0.39 is 0 Å². The van der Waals surface area contributed by atoms with Crippen molar-refractivity contribution < 1.29 is 14.2 Å². The molecule has 1 heterocycles. The van der Waals surface area contributed by atoms with E-state index in [9.17, 15) is 0 Å². The van der Waals surface area contributed by atoms with E-state index in [2.05, 4.69) is 5.43 Å². The van der Waals surface area contributed by atoms with Gasteiger partial charge in [-0.05, 0) is 32.3 Å². The standard InChI is InChI=1S/C11H22N2O3/c1-3-15-11(16-4-2)10(13-12)9-6-5-7-14-8-9/h8,10-11,13H,3-7,12H2,1-2H3. The molecule has 0 aromatic rings. The van der Waals surface area contributed by atoms with Gasteiger partial charge in [0, 0.05) is 13.2 Å². The number of nitrogens with two attached hydrogens (primary N) is 1. The lowest BCUT2D eigenvalue weighted by atomic mass is 10.0. The summed E-state index contributed by atoms with van der Waals surface area (Å²) in [5.74, 6) is 5.56. The van der Waals surface area contributed by atoms with E-state index >= 15 is 0 Å². The summed E-state index contributed by atoms with van der Waals surface area (Å²) in [6.07, 6.45) is 3.38. The van der Waals surface area contributed by atoms with Gasteiger partial charge in [-0.3, -0.25) is 5.84 Å². The molecule has 0 radical (unpaired) electrons. The molecule has 94 valence electrons. The maximum absolute atomic E-state index is 5.56. The highest BCUT2D eigenvalue weighted by Gasteiger charge is 2.26. The van der Waals surface area contributed by atoms with Crippen LogP contribution in [0.25, 0.3) is 0 Å². The second kappa shape index (κ2) is 7.62. The minimum atomic E-state index is -0.354. The number of hydrogen-bond acceptors (Lipinski definition) is 5. The van der Waals surface area contributed by atoms with Crippen LogP contribution in [0.5, 0.6) is 0 Å². The molecule has 1 rings (SSSR count). The molecule has 1 aliphatic rings. The number of ether oxygens (including phenoxy) is 3. The largest absolute Gasteiger partial charge is 0.501 e. The molecular weight excluding hydrogens is 208 g/mol. The van der Waals surface area contributed by atoms with E-state index in [-0.39, 0.29) is 12.3 Å². The van der Waals surface area contributed by atoms with Gasteiger partial charge in [0.25, 0.3) is 0 Å². The summed E-state index contributed by atoms with van der Waals surface area (Å²) >= 11 is 0. The first-order chi connectivity index (χ1) is 7.83. The fourth-order valence-electron chi connectivity index (χ4n) is 1.74. The monoisotopic (exact) mass is 230 g/mol. The molecule has 1 atom stereocenters. The summed E-state index contributed by atoms with van der Waals surface area (Å²) in [4.78, 5) is 0. The highest BCUT2D eigenvalue weighted by atomic mass is 16.7. The molecule has 0 saturated heterocycles. The zero-order valence-electron chi connectivity index (χ0n) is 10.1. The predicted octanol–water partition coefficient (Wildman–Crippen LogP) is 0.912. The average molecular weight is 230 g/mol. The zero-order valence-corrected chi connectivity index (χ0v) is 10.1. The molecule has 0 aliphatic carbocycles. The van der Waals surface area contributed by atoms with E-state index in [1.54, 1.807) is 6.26 Å².